The van der Waals surface area contributed by atoms with Gasteiger partial charge in [0.1, 0.15) is 0 Å². The zero-order chi connectivity index (χ0) is 31.8. The zero-order valence-corrected chi connectivity index (χ0v) is 25.8. The number of nitrogens with zero attached hydrogens (tertiary/aromatic N) is 9. The maximum atomic E-state index is 13.9. The second-order valence-corrected chi connectivity index (χ2v) is 11.7. The predicted molar refractivity (Wildman–Crippen MR) is 173 cm³/mol. The van der Waals surface area contributed by atoms with E-state index < -0.39 is 6.04 Å². The van der Waals surface area contributed by atoms with Crippen LogP contribution in [-0.2, 0) is 4.79 Å². The van der Waals surface area contributed by atoms with Gasteiger partial charge in [-0.1, -0.05) is 41.8 Å². The van der Waals surface area contributed by atoms with Crippen LogP contribution >= 0.6 is 11.6 Å². The number of aromatic nitrogens is 9. The molecule has 0 saturated heterocycles. The van der Waals surface area contributed by atoms with Crippen molar-refractivity contribution in [3.63, 3.8) is 0 Å². The molecule has 0 spiro atoms. The number of nitrogens with one attached hydrogen (secondary N) is 1. The minimum absolute atomic E-state index is 0.0900. The number of anilines is 1. The Bertz CT molecular complexity index is 2120. The van der Waals surface area contributed by atoms with Crippen LogP contribution in [-0.4, -0.2) is 50.2 Å². The van der Waals surface area contributed by atoms with Crippen LogP contribution in [0.5, 0.6) is 0 Å². The normalized spacial score (nSPS) is 16.6. The molecule has 1 aliphatic heterocycles. The molecule has 0 radical (unpaired) electrons. The SMILES string of the molecule is Cc1ccc(-n2cc(Cl)nn2)c(-c2cc(=O)n([C@H]3CCC[C@@H](C)C(=O)Nc4cnn(-c5ccncc5)c4-c4ccnc3c4)cn2)c1. The van der Waals surface area contributed by atoms with Gasteiger partial charge in [0.2, 0.25) is 5.91 Å². The lowest BCUT2D eigenvalue weighted by molar-refractivity contribution is -0.119. The number of amides is 1. The number of fused-ring (bicyclic) bond motifs is 4. The van der Waals surface area contributed by atoms with Crippen molar-refractivity contribution in [2.45, 2.75) is 39.2 Å². The lowest BCUT2D eigenvalue weighted by atomic mass is 9.97. The van der Waals surface area contributed by atoms with Gasteiger partial charge in [0.15, 0.2) is 5.15 Å². The first-order valence-corrected chi connectivity index (χ1v) is 15.3. The zero-order valence-electron chi connectivity index (χ0n) is 25.1. The maximum absolute atomic E-state index is 13.9. The third kappa shape index (κ3) is 5.58. The second kappa shape index (κ2) is 12.1. The molecule has 0 aliphatic carbocycles. The molecule has 0 fully saturated rings. The van der Waals surface area contributed by atoms with Crippen molar-refractivity contribution in [2.75, 3.05) is 5.32 Å². The Kier molecular flexibility index (Phi) is 7.71. The van der Waals surface area contributed by atoms with Crippen molar-refractivity contribution in [1.82, 2.24) is 44.3 Å². The number of carbonyl (C=O) groups excluding carboxylic acids is 1. The highest BCUT2D eigenvalue weighted by Crippen LogP contribution is 2.34. The van der Waals surface area contributed by atoms with E-state index in [1.54, 1.807) is 51.2 Å². The van der Waals surface area contributed by atoms with E-state index >= 15 is 0 Å². The first-order valence-electron chi connectivity index (χ1n) is 14.9. The molecule has 6 aromatic rings. The standard InChI is InChI=1S/C33H29ClN10O2/c1-20-6-7-28(43-18-30(34)40-41-43)24(14-20)25-16-31(45)42(19-37-25)29-5-3-4-21(2)33(46)39-27-17-38-44(23-9-11-35-12-10-23)32(27)22-8-13-36-26(29)15-22/h6-19,21,29H,3-5H2,1-2H3,(H,39,46)/t21-,29+/m1/s1. The van der Waals surface area contributed by atoms with Gasteiger partial charge in [-0.3, -0.25) is 24.1 Å². The molecule has 1 N–H and O–H groups in total. The van der Waals surface area contributed by atoms with E-state index in [0.29, 0.717) is 47.7 Å². The molecular formula is C33H29ClN10O2. The number of aryl methyl sites for hydroxylation is 1. The van der Waals surface area contributed by atoms with E-state index in [1.807, 2.05) is 56.3 Å². The van der Waals surface area contributed by atoms with Gasteiger partial charge in [0.05, 0.1) is 58.9 Å². The fourth-order valence-electron chi connectivity index (χ4n) is 5.82. The van der Waals surface area contributed by atoms with E-state index in [0.717, 1.165) is 22.4 Å². The molecule has 0 unspecified atom stereocenters. The van der Waals surface area contributed by atoms with Crippen LogP contribution in [0.4, 0.5) is 5.69 Å². The number of hydrogen-bond donors (Lipinski definition) is 1. The molecule has 1 amide bonds. The maximum Gasteiger partial charge on any atom is 0.254 e. The van der Waals surface area contributed by atoms with Gasteiger partial charge in [-0.2, -0.15) is 5.10 Å². The fourth-order valence-corrected chi connectivity index (χ4v) is 5.94. The molecule has 7 rings (SSSR count). The summed E-state index contributed by atoms with van der Waals surface area (Å²) in [7, 11) is 0. The van der Waals surface area contributed by atoms with Crippen molar-refractivity contribution in [3.05, 3.63) is 113 Å². The average Bonchev–Trinajstić information content (AvgIpc) is 3.69. The Morgan fingerprint density at radius 3 is 2.61 bits per heavy atom. The lowest BCUT2D eigenvalue weighted by Gasteiger charge is -2.22. The summed E-state index contributed by atoms with van der Waals surface area (Å²) in [4.78, 5) is 40.7. The van der Waals surface area contributed by atoms with Crippen molar-refractivity contribution < 1.29 is 4.79 Å². The Morgan fingerprint density at radius 1 is 0.978 bits per heavy atom. The predicted octanol–water partition coefficient (Wildman–Crippen LogP) is 5.44. The van der Waals surface area contributed by atoms with Crippen LogP contribution in [0.25, 0.3) is 33.9 Å². The molecule has 13 heteroatoms. The van der Waals surface area contributed by atoms with Crippen LogP contribution in [0.3, 0.4) is 0 Å². The summed E-state index contributed by atoms with van der Waals surface area (Å²) in [5.41, 5.74) is 6.27. The molecule has 1 aliphatic rings. The summed E-state index contributed by atoms with van der Waals surface area (Å²) >= 11 is 6.05. The van der Waals surface area contributed by atoms with Gasteiger partial charge in [0, 0.05) is 41.7 Å². The molecule has 2 bridgehead atoms. The Hall–Kier alpha value is -5.49. The molecule has 1 aromatic carbocycles. The Labute approximate surface area is 268 Å². The third-order valence-electron chi connectivity index (χ3n) is 8.20. The van der Waals surface area contributed by atoms with E-state index in [1.165, 1.54) is 6.07 Å². The average molecular weight is 633 g/mol. The van der Waals surface area contributed by atoms with Crippen LogP contribution in [0.2, 0.25) is 5.15 Å². The number of hydrogen-bond acceptors (Lipinski definition) is 8. The van der Waals surface area contributed by atoms with Crippen LogP contribution < -0.4 is 10.9 Å². The minimum Gasteiger partial charge on any atom is -0.323 e. The van der Waals surface area contributed by atoms with Gasteiger partial charge < -0.3 is 5.32 Å². The molecule has 6 heterocycles. The van der Waals surface area contributed by atoms with E-state index in [9.17, 15) is 9.59 Å². The number of pyridine rings is 2. The van der Waals surface area contributed by atoms with Crippen molar-refractivity contribution in [3.8, 4) is 33.9 Å². The summed E-state index contributed by atoms with van der Waals surface area (Å²) in [5, 5.41) is 16.0. The molecule has 0 saturated carbocycles. The monoisotopic (exact) mass is 632 g/mol. The summed E-state index contributed by atoms with van der Waals surface area (Å²) in [6.45, 7) is 3.88. The summed E-state index contributed by atoms with van der Waals surface area (Å²) < 4.78 is 4.95. The van der Waals surface area contributed by atoms with Gasteiger partial charge in [-0.05, 0) is 56.2 Å². The lowest BCUT2D eigenvalue weighted by Crippen LogP contribution is -2.27. The second-order valence-electron chi connectivity index (χ2n) is 11.4. The van der Waals surface area contributed by atoms with E-state index in [-0.39, 0.29) is 22.5 Å². The molecule has 5 aromatic heterocycles. The summed E-state index contributed by atoms with van der Waals surface area (Å²) in [6, 6.07) is 14.4. The smallest absolute Gasteiger partial charge is 0.254 e. The highest BCUT2D eigenvalue weighted by atomic mass is 35.5. The minimum atomic E-state index is -0.421. The molecule has 2 atom stereocenters. The summed E-state index contributed by atoms with van der Waals surface area (Å²) in [6.07, 6.45) is 11.8. The van der Waals surface area contributed by atoms with Crippen LogP contribution in [0.15, 0.2) is 90.6 Å². The number of carbonyl (C=O) groups is 1. The van der Waals surface area contributed by atoms with E-state index in [2.05, 4.69) is 25.7 Å². The number of benzene rings is 1. The van der Waals surface area contributed by atoms with Gasteiger partial charge in [-0.25, -0.2) is 14.3 Å². The first kappa shape index (κ1) is 29.2. The summed E-state index contributed by atoms with van der Waals surface area (Å²) in [5.74, 6) is -0.349. The molecule has 12 nitrogen and oxygen atoms in total. The van der Waals surface area contributed by atoms with Crippen molar-refractivity contribution in [2.24, 2.45) is 5.92 Å². The Morgan fingerprint density at radius 2 is 1.83 bits per heavy atom. The van der Waals surface area contributed by atoms with Crippen molar-refractivity contribution in [1.29, 1.82) is 0 Å². The fraction of sp³-hybridized carbons (Fsp3) is 0.212. The highest BCUT2D eigenvalue weighted by Gasteiger charge is 2.25. The topological polar surface area (TPSA) is 138 Å². The van der Waals surface area contributed by atoms with Crippen LogP contribution in [0, 0.1) is 12.8 Å². The van der Waals surface area contributed by atoms with Gasteiger partial charge in [0.25, 0.3) is 5.56 Å². The highest BCUT2D eigenvalue weighted by molar-refractivity contribution is 6.29. The Balaban J connectivity index is 1.33. The van der Waals surface area contributed by atoms with Crippen molar-refractivity contribution >= 4 is 23.2 Å². The largest absolute Gasteiger partial charge is 0.323 e. The number of halogens is 1. The van der Waals surface area contributed by atoms with Crippen LogP contribution in [0.1, 0.15) is 43.5 Å². The molecule has 46 heavy (non-hydrogen) atoms. The molecular weight excluding hydrogens is 604 g/mol. The first-order chi connectivity index (χ1) is 22.4. The third-order valence-corrected chi connectivity index (χ3v) is 8.38. The van der Waals surface area contributed by atoms with Gasteiger partial charge in [-0.15, -0.1) is 5.10 Å². The van der Waals surface area contributed by atoms with Gasteiger partial charge >= 0.3 is 0 Å². The molecule has 230 valence electrons. The van der Waals surface area contributed by atoms with E-state index in [4.69, 9.17) is 21.6 Å². The number of rotatable bonds is 4. The quantitative estimate of drug-likeness (QED) is 0.271.